The molecule has 1 aliphatic rings. The molecule has 1 aliphatic heterocycles. The molecule has 0 aliphatic carbocycles. The number of amides is 3. The third-order valence-corrected chi connectivity index (χ3v) is 4.70. The van der Waals surface area contributed by atoms with Crippen LogP contribution in [0.25, 0.3) is 0 Å². The fourth-order valence-corrected chi connectivity index (χ4v) is 3.08. The molecule has 3 amide bonds. The van der Waals surface area contributed by atoms with E-state index in [9.17, 15) is 9.59 Å². The van der Waals surface area contributed by atoms with Gasteiger partial charge in [0.2, 0.25) is 5.91 Å². The molecule has 0 bridgehead atoms. The van der Waals surface area contributed by atoms with Crippen molar-refractivity contribution in [2.75, 3.05) is 32.7 Å². The molecular formula is C20H32N4O2. The van der Waals surface area contributed by atoms with Gasteiger partial charge in [-0.05, 0) is 38.3 Å². The quantitative estimate of drug-likeness (QED) is 0.817. The number of urea groups is 1. The first-order chi connectivity index (χ1) is 12.4. The Balaban J connectivity index is 1.77. The maximum Gasteiger partial charge on any atom is 0.317 e. The molecule has 1 fully saturated rings. The Hall–Kier alpha value is -2.08. The normalized spacial score (nSPS) is 16.4. The highest BCUT2D eigenvalue weighted by Crippen LogP contribution is 2.14. The van der Waals surface area contributed by atoms with Crippen molar-refractivity contribution in [1.82, 2.24) is 20.4 Å². The molecule has 1 aromatic rings. The number of piperazine rings is 1. The van der Waals surface area contributed by atoms with E-state index in [4.69, 9.17) is 0 Å². The molecule has 0 radical (unpaired) electrons. The van der Waals surface area contributed by atoms with Gasteiger partial charge in [0.15, 0.2) is 0 Å². The summed E-state index contributed by atoms with van der Waals surface area (Å²) in [7, 11) is 0. The van der Waals surface area contributed by atoms with E-state index in [0.717, 1.165) is 25.1 Å². The van der Waals surface area contributed by atoms with Gasteiger partial charge in [-0.15, -0.1) is 0 Å². The van der Waals surface area contributed by atoms with Gasteiger partial charge >= 0.3 is 6.03 Å². The first-order valence-corrected chi connectivity index (χ1v) is 9.55. The van der Waals surface area contributed by atoms with E-state index < -0.39 is 0 Å². The molecule has 2 rings (SSSR count). The number of hydrogen-bond acceptors (Lipinski definition) is 3. The van der Waals surface area contributed by atoms with Gasteiger partial charge in [-0.3, -0.25) is 9.69 Å². The van der Waals surface area contributed by atoms with Crippen molar-refractivity contribution in [3.05, 3.63) is 35.4 Å². The van der Waals surface area contributed by atoms with Gasteiger partial charge in [-0.2, -0.15) is 0 Å². The van der Waals surface area contributed by atoms with E-state index in [1.807, 2.05) is 25.7 Å². The molecule has 1 aromatic carbocycles. The van der Waals surface area contributed by atoms with E-state index in [-0.39, 0.29) is 24.0 Å². The van der Waals surface area contributed by atoms with Crippen molar-refractivity contribution >= 4 is 11.9 Å². The number of rotatable bonds is 6. The summed E-state index contributed by atoms with van der Waals surface area (Å²) in [6.45, 7) is 11.2. The van der Waals surface area contributed by atoms with Crippen molar-refractivity contribution in [2.24, 2.45) is 0 Å². The minimum atomic E-state index is -0.0386. The van der Waals surface area contributed by atoms with Crippen molar-refractivity contribution < 1.29 is 9.59 Å². The summed E-state index contributed by atoms with van der Waals surface area (Å²) >= 11 is 0. The zero-order valence-corrected chi connectivity index (χ0v) is 16.4. The third kappa shape index (κ3) is 6.02. The second-order valence-corrected chi connectivity index (χ2v) is 7.25. The average molecular weight is 361 g/mol. The van der Waals surface area contributed by atoms with Crippen LogP contribution in [0.1, 0.15) is 44.9 Å². The second-order valence-electron chi connectivity index (χ2n) is 7.25. The number of benzene rings is 1. The Kier molecular flexibility index (Phi) is 7.45. The number of carbonyl (C=O) groups is 2. The Labute approximate surface area is 156 Å². The standard InChI is InChI=1S/C20H32N4O2/c1-5-17-6-8-18(9-7-17)16(4)22-20(26)24-12-10-23(11-13-24)14-19(25)21-15(2)3/h6-9,15-16H,5,10-14H2,1-4H3,(H,21,25)(H,22,26). The van der Waals surface area contributed by atoms with E-state index in [1.165, 1.54) is 5.56 Å². The summed E-state index contributed by atoms with van der Waals surface area (Å²) < 4.78 is 0. The fraction of sp³-hybridized carbons (Fsp3) is 0.600. The molecular weight excluding hydrogens is 328 g/mol. The van der Waals surface area contributed by atoms with Crippen molar-refractivity contribution in [3.8, 4) is 0 Å². The van der Waals surface area contributed by atoms with Crippen LogP contribution < -0.4 is 10.6 Å². The number of nitrogens with zero attached hydrogens (tertiary/aromatic N) is 2. The van der Waals surface area contributed by atoms with Crippen molar-refractivity contribution in [2.45, 2.75) is 46.2 Å². The smallest absolute Gasteiger partial charge is 0.317 e. The van der Waals surface area contributed by atoms with Crippen LogP contribution in [0, 0.1) is 0 Å². The van der Waals surface area contributed by atoms with E-state index >= 15 is 0 Å². The maximum absolute atomic E-state index is 12.5. The molecule has 0 saturated carbocycles. The van der Waals surface area contributed by atoms with Crippen LogP contribution in [0.15, 0.2) is 24.3 Å². The molecule has 2 N–H and O–H groups in total. The molecule has 1 unspecified atom stereocenters. The van der Waals surface area contributed by atoms with Crippen LogP contribution in [0.3, 0.4) is 0 Å². The molecule has 1 saturated heterocycles. The molecule has 26 heavy (non-hydrogen) atoms. The van der Waals surface area contributed by atoms with Crippen molar-refractivity contribution in [3.63, 3.8) is 0 Å². The number of aryl methyl sites for hydroxylation is 1. The summed E-state index contributed by atoms with van der Waals surface area (Å²) in [4.78, 5) is 28.3. The molecule has 1 atom stereocenters. The van der Waals surface area contributed by atoms with Gasteiger partial charge in [0.25, 0.3) is 0 Å². The first-order valence-electron chi connectivity index (χ1n) is 9.55. The Morgan fingerprint density at radius 2 is 1.62 bits per heavy atom. The highest BCUT2D eigenvalue weighted by molar-refractivity contribution is 5.78. The molecule has 1 heterocycles. The Bertz CT molecular complexity index is 592. The Morgan fingerprint density at radius 1 is 1.00 bits per heavy atom. The van der Waals surface area contributed by atoms with E-state index in [2.05, 4.69) is 46.7 Å². The summed E-state index contributed by atoms with van der Waals surface area (Å²) in [5.74, 6) is 0.0436. The van der Waals surface area contributed by atoms with Crippen LogP contribution in [0.4, 0.5) is 4.79 Å². The van der Waals surface area contributed by atoms with Crippen molar-refractivity contribution in [1.29, 1.82) is 0 Å². The number of carbonyl (C=O) groups excluding carboxylic acids is 2. The highest BCUT2D eigenvalue weighted by Gasteiger charge is 2.23. The number of hydrogen-bond donors (Lipinski definition) is 2. The largest absolute Gasteiger partial charge is 0.353 e. The SMILES string of the molecule is CCc1ccc(C(C)NC(=O)N2CCN(CC(=O)NC(C)C)CC2)cc1. The summed E-state index contributed by atoms with van der Waals surface area (Å²) in [6.07, 6.45) is 1.01. The van der Waals surface area contributed by atoms with E-state index in [1.54, 1.807) is 0 Å². The first kappa shape index (κ1) is 20.2. The molecule has 0 aromatic heterocycles. The van der Waals surface area contributed by atoms with Crippen LogP contribution in [-0.4, -0.2) is 60.5 Å². The average Bonchev–Trinajstić information content (AvgIpc) is 2.61. The minimum absolute atomic E-state index is 0.0248. The topological polar surface area (TPSA) is 64.7 Å². The zero-order chi connectivity index (χ0) is 19.1. The van der Waals surface area contributed by atoms with Crippen LogP contribution in [0.5, 0.6) is 0 Å². The monoisotopic (exact) mass is 360 g/mol. The second kappa shape index (κ2) is 9.57. The molecule has 6 heteroatoms. The van der Waals surface area contributed by atoms with Gasteiger partial charge < -0.3 is 15.5 Å². The van der Waals surface area contributed by atoms with Gasteiger partial charge in [0.05, 0.1) is 12.6 Å². The highest BCUT2D eigenvalue weighted by atomic mass is 16.2. The Morgan fingerprint density at radius 3 is 2.15 bits per heavy atom. The maximum atomic E-state index is 12.5. The minimum Gasteiger partial charge on any atom is -0.353 e. The molecule has 6 nitrogen and oxygen atoms in total. The summed E-state index contributed by atoms with van der Waals surface area (Å²) in [5.41, 5.74) is 2.41. The lowest BCUT2D eigenvalue weighted by Crippen LogP contribution is -2.53. The predicted molar refractivity (Wildman–Crippen MR) is 104 cm³/mol. The van der Waals surface area contributed by atoms with Crippen LogP contribution in [0.2, 0.25) is 0 Å². The van der Waals surface area contributed by atoms with E-state index in [0.29, 0.717) is 19.6 Å². The lowest BCUT2D eigenvalue weighted by molar-refractivity contribution is -0.123. The predicted octanol–water partition coefficient (Wildman–Crippen LogP) is 2.16. The summed E-state index contributed by atoms with van der Waals surface area (Å²) in [5, 5.41) is 5.98. The lowest BCUT2D eigenvalue weighted by atomic mass is 10.1. The lowest BCUT2D eigenvalue weighted by Gasteiger charge is -2.35. The van der Waals surface area contributed by atoms with Gasteiger partial charge in [0, 0.05) is 32.2 Å². The third-order valence-electron chi connectivity index (χ3n) is 4.70. The van der Waals surface area contributed by atoms with Crippen LogP contribution in [-0.2, 0) is 11.2 Å². The molecule has 144 valence electrons. The zero-order valence-electron chi connectivity index (χ0n) is 16.4. The summed E-state index contributed by atoms with van der Waals surface area (Å²) in [6, 6.07) is 8.47. The van der Waals surface area contributed by atoms with Gasteiger partial charge in [0.1, 0.15) is 0 Å². The fourth-order valence-electron chi connectivity index (χ4n) is 3.08. The molecule has 0 spiro atoms. The van der Waals surface area contributed by atoms with Gasteiger partial charge in [-0.1, -0.05) is 31.2 Å². The van der Waals surface area contributed by atoms with Gasteiger partial charge in [-0.25, -0.2) is 4.79 Å². The van der Waals surface area contributed by atoms with Crippen LogP contribution >= 0.6 is 0 Å². The number of nitrogens with one attached hydrogen (secondary N) is 2.